The normalized spacial score (nSPS) is 40.0. The molecule has 3 heteroatoms. The highest BCUT2D eigenvalue weighted by Crippen LogP contribution is 2.51. The lowest BCUT2D eigenvalue weighted by molar-refractivity contribution is -0.211. The van der Waals surface area contributed by atoms with Crippen molar-refractivity contribution in [2.45, 2.75) is 37.8 Å². The van der Waals surface area contributed by atoms with Crippen molar-refractivity contribution in [1.82, 2.24) is 0 Å². The summed E-state index contributed by atoms with van der Waals surface area (Å²) < 4.78 is 37.1. The fourth-order valence-electron chi connectivity index (χ4n) is 1.02. The first-order valence-corrected chi connectivity index (χ1v) is 3.08. The van der Waals surface area contributed by atoms with Crippen molar-refractivity contribution in [3.63, 3.8) is 0 Å². The fourth-order valence-corrected chi connectivity index (χ4v) is 1.02. The summed E-state index contributed by atoms with van der Waals surface area (Å²) in [6.07, 6.45) is -0.326. The highest BCUT2D eigenvalue weighted by Gasteiger charge is 2.61. The molecule has 1 rings (SSSR count). The standard InChI is InChI=1S/C6H9F3/c1-2-5(7)3-4-6(5,8)9/h2-4H2,1H3. The summed E-state index contributed by atoms with van der Waals surface area (Å²) in [4.78, 5) is 0. The van der Waals surface area contributed by atoms with E-state index in [1.807, 2.05) is 0 Å². The van der Waals surface area contributed by atoms with Crippen LogP contribution >= 0.6 is 0 Å². The molecule has 0 aliphatic heterocycles. The maximum Gasteiger partial charge on any atom is 0.281 e. The van der Waals surface area contributed by atoms with Crippen LogP contribution in [0.15, 0.2) is 0 Å². The molecule has 0 spiro atoms. The topological polar surface area (TPSA) is 0 Å². The first-order valence-electron chi connectivity index (χ1n) is 3.08. The molecule has 54 valence electrons. The Balaban J connectivity index is 2.62. The van der Waals surface area contributed by atoms with Crippen LogP contribution < -0.4 is 0 Å². The van der Waals surface area contributed by atoms with Crippen LogP contribution in [0.3, 0.4) is 0 Å². The van der Waals surface area contributed by atoms with Crippen molar-refractivity contribution < 1.29 is 13.2 Å². The second-order valence-corrected chi connectivity index (χ2v) is 2.52. The maximum absolute atomic E-state index is 12.7. The summed E-state index contributed by atoms with van der Waals surface area (Å²) in [5, 5.41) is 0. The Bertz CT molecular complexity index is 117. The van der Waals surface area contributed by atoms with E-state index >= 15 is 0 Å². The Morgan fingerprint density at radius 3 is 1.78 bits per heavy atom. The lowest BCUT2D eigenvalue weighted by Crippen LogP contribution is -2.53. The van der Waals surface area contributed by atoms with Crippen LogP contribution in [0, 0.1) is 0 Å². The lowest BCUT2D eigenvalue weighted by atomic mass is 9.76. The van der Waals surface area contributed by atoms with Crippen molar-refractivity contribution in [1.29, 1.82) is 0 Å². The molecule has 0 bridgehead atoms. The molecule has 0 nitrogen and oxygen atoms in total. The van der Waals surface area contributed by atoms with Crippen molar-refractivity contribution in [3.8, 4) is 0 Å². The molecule has 1 saturated carbocycles. The Labute approximate surface area is 52.1 Å². The van der Waals surface area contributed by atoms with Gasteiger partial charge in [0, 0.05) is 6.42 Å². The number of hydrogen-bond acceptors (Lipinski definition) is 0. The zero-order valence-corrected chi connectivity index (χ0v) is 5.26. The van der Waals surface area contributed by atoms with Gasteiger partial charge in [-0.25, -0.2) is 13.2 Å². The zero-order valence-electron chi connectivity index (χ0n) is 5.26. The van der Waals surface area contributed by atoms with Crippen molar-refractivity contribution in [3.05, 3.63) is 0 Å². The predicted octanol–water partition coefficient (Wildman–Crippen LogP) is 2.53. The minimum atomic E-state index is -3.04. The zero-order chi connectivity index (χ0) is 7.12. The number of rotatable bonds is 1. The smallest absolute Gasteiger partial charge is 0.237 e. The highest BCUT2D eigenvalue weighted by atomic mass is 19.3. The average Bonchev–Trinajstić information content (AvgIpc) is 1.84. The molecule has 0 N–H and O–H groups in total. The van der Waals surface area contributed by atoms with E-state index in [4.69, 9.17) is 0 Å². The first-order chi connectivity index (χ1) is 4.02. The van der Waals surface area contributed by atoms with Gasteiger partial charge in [-0.15, -0.1) is 0 Å². The molecule has 0 aromatic carbocycles. The molecule has 1 unspecified atom stereocenters. The Hall–Kier alpha value is -0.210. The molecule has 1 fully saturated rings. The van der Waals surface area contributed by atoms with Gasteiger partial charge in [0.05, 0.1) is 0 Å². The molecule has 1 aliphatic rings. The quantitative estimate of drug-likeness (QED) is 0.522. The molecule has 9 heavy (non-hydrogen) atoms. The van der Waals surface area contributed by atoms with E-state index in [2.05, 4.69) is 0 Å². The molecule has 1 atom stereocenters. The molecular weight excluding hydrogens is 129 g/mol. The van der Waals surface area contributed by atoms with Gasteiger partial charge in [-0.05, 0) is 12.8 Å². The van der Waals surface area contributed by atoms with Crippen LogP contribution in [0.2, 0.25) is 0 Å². The molecule has 0 aromatic rings. The van der Waals surface area contributed by atoms with Gasteiger partial charge in [0.1, 0.15) is 0 Å². The van der Waals surface area contributed by atoms with Crippen LogP contribution in [-0.4, -0.2) is 11.6 Å². The third kappa shape index (κ3) is 0.740. The van der Waals surface area contributed by atoms with Crippen molar-refractivity contribution >= 4 is 0 Å². The molecule has 0 saturated heterocycles. The molecular formula is C6H9F3. The predicted molar refractivity (Wildman–Crippen MR) is 28.3 cm³/mol. The van der Waals surface area contributed by atoms with E-state index in [1.165, 1.54) is 6.92 Å². The SMILES string of the molecule is CCC1(F)CCC1(F)F. The monoisotopic (exact) mass is 138 g/mol. The second-order valence-electron chi connectivity index (χ2n) is 2.52. The van der Waals surface area contributed by atoms with Gasteiger partial charge < -0.3 is 0 Å². The Kier molecular flexibility index (Phi) is 1.26. The molecule has 0 radical (unpaired) electrons. The fraction of sp³-hybridized carbons (Fsp3) is 1.00. The first kappa shape index (κ1) is 6.90. The average molecular weight is 138 g/mol. The van der Waals surface area contributed by atoms with Crippen LogP contribution in [-0.2, 0) is 0 Å². The van der Waals surface area contributed by atoms with Gasteiger partial charge in [0.15, 0.2) is 5.67 Å². The molecule has 0 aromatic heterocycles. The minimum Gasteiger partial charge on any atom is -0.237 e. The van der Waals surface area contributed by atoms with E-state index in [0.717, 1.165) is 0 Å². The third-order valence-electron chi connectivity index (χ3n) is 2.05. The second kappa shape index (κ2) is 1.64. The summed E-state index contributed by atoms with van der Waals surface area (Å²) >= 11 is 0. The minimum absolute atomic E-state index is 0.0243. The van der Waals surface area contributed by atoms with Gasteiger partial charge >= 0.3 is 0 Å². The van der Waals surface area contributed by atoms with Crippen LogP contribution in [0.4, 0.5) is 13.2 Å². The van der Waals surface area contributed by atoms with E-state index < -0.39 is 11.6 Å². The van der Waals surface area contributed by atoms with E-state index in [0.29, 0.717) is 0 Å². The number of hydrogen-bond donors (Lipinski definition) is 0. The Morgan fingerprint density at radius 2 is 1.78 bits per heavy atom. The van der Waals surface area contributed by atoms with E-state index in [9.17, 15) is 13.2 Å². The van der Waals surface area contributed by atoms with Crippen LogP contribution in [0.5, 0.6) is 0 Å². The summed E-state index contributed by atoms with van der Waals surface area (Å²) in [5.41, 5.74) is -2.17. The highest BCUT2D eigenvalue weighted by molar-refractivity contribution is 5.02. The van der Waals surface area contributed by atoms with Gasteiger partial charge in [0.2, 0.25) is 0 Å². The summed E-state index contributed by atoms with van der Waals surface area (Å²) in [5.74, 6) is -3.04. The summed E-state index contributed by atoms with van der Waals surface area (Å²) in [6, 6.07) is 0. The molecule has 0 amide bonds. The van der Waals surface area contributed by atoms with Crippen molar-refractivity contribution in [2.75, 3.05) is 0 Å². The molecule has 0 heterocycles. The van der Waals surface area contributed by atoms with E-state index in [1.54, 1.807) is 0 Å². The number of halogens is 3. The summed E-state index contributed by atoms with van der Waals surface area (Å²) in [7, 11) is 0. The Morgan fingerprint density at radius 1 is 1.22 bits per heavy atom. The summed E-state index contributed by atoms with van der Waals surface area (Å²) in [6.45, 7) is 1.45. The van der Waals surface area contributed by atoms with Gasteiger partial charge in [0.25, 0.3) is 5.92 Å². The van der Waals surface area contributed by atoms with Crippen LogP contribution in [0.25, 0.3) is 0 Å². The third-order valence-corrected chi connectivity index (χ3v) is 2.05. The lowest BCUT2D eigenvalue weighted by Gasteiger charge is -2.41. The van der Waals surface area contributed by atoms with Gasteiger partial charge in [-0.3, -0.25) is 0 Å². The van der Waals surface area contributed by atoms with Crippen molar-refractivity contribution in [2.24, 2.45) is 0 Å². The van der Waals surface area contributed by atoms with Gasteiger partial charge in [-0.2, -0.15) is 0 Å². The largest absolute Gasteiger partial charge is 0.281 e. The number of alkyl halides is 3. The van der Waals surface area contributed by atoms with Crippen LogP contribution in [0.1, 0.15) is 26.2 Å². The molecule has 1 aliphatic carbocycles. The maximum atomic E-state index is 12.7. The van der Waals surface area contributed by atoms with Gasteiger partial charge in [-0.1, -0.05) is 6.92 Å². The van der Waals surface area contributed by atoms with E-state index in [-0.39, 0.29) is 19.3 Å².